The summed E-state index contributed by atoms with van der Waals surface area (Å²) in [5.41, 5.74) is 5.69. The standard InChI is InChI=1S/C10H11BrN4O2S/c11-7-4-2-1-3-6(7)9(17)14-8(16)5-18-10(12)15-13/h1-4H,5,13H2,(H2,12,15)(H,14,16,17). The third-order valence-corrected chi connectivity index (χ3v) is 3.35. The summed E-state index contributed by atoms with van der Waals surface area (Å²) in [5, 5.41) is 5.52. The van der Waals surface area contributed by atoms with Gasteiger partial charge in [0.05, 0.1) is 11.3 Å². The lowest BCUT2D eigenvalue weighted by Gasteiger charge is -2.05. The molecule has 0 spiro atoms. The van der Waals surface area contributed by atoms with Gasteiger partial charge in [-0.25, -0.2) is 0 Å². The summed E-state index contributed by atoms with van der Waals surface area (Å²) in [5.74, 6) is 3.94. The van der Waals surface area contributed by atoms with Crippen molar-refractivity contribution in [3.8, 4) is 0 Å². The molecule has 0 radical (unpaired) electrons. The lowest BCUT2D eigenvalue weighted by molar-refractivity contribution is -0.117. The summed E-state index contributed by atoms with van der Waals surface area (Å²) in [6.07, 6.45) is 0. The molecular formula is C10H11BrN4O2S. The minimum atomic E-state index is -0.476. The van der Waals surface area contributed by atoms with Crippen LogP contribution in [0, 0.1) is 0 Å². The van der Waals surface area contributed by atoms with Gasteiger partial charge < -0.3 is 11.6 Å². The van der Waals surface area contributed by atoms with E-state index >= 15 is 0 Å². The van der Waals surface area contributed by atoms with Gasteiger partial charge in [-0.05, 0) is 28.1 Å². The molecule has 1 rings (SSSR count). The number of nitrogens with zero attached hydrogens (tertiary/aromatic N) is 1. The van der Waals surface area contributed by atoms with Crippen molar-refractivity contribution in [3.05, 3.63) is 34.3 Å². The van der Waals surface area contributed by atoms with Gasteiger partial charge in [-0.15, -0.1) is 0 Å². The molecule has 8 heteroatoms. The maximum absolute atomic E-state index is 11.7. The summed E-state index contributed by atoms with van der Waals surface area (Å²) < 4.78 is 0.617. The van der Waals surface area contributed by atoms with Crippen LogP contribution in [0.4, 0.5) is 0 Å². The van der Waals surface area contributed by atoms with Crippen molar-refractivity contribution in [2.75, 3.05) is 5.75 Å². The first-order chi connectivity index (χ1) is 8.54. The Morgan fingerprint density at radius 3 is 2.67 bits per heavy atom. The van der Waals surface area contributed by atoms with Gasteiger partial charge >= 0.3 is 0 Å². The second-order valence-electron chi connectivity index (χ2n) is 3.11. The number of amides is 2. The molecule has 1 aromatic carbocycles. The van der Waals surface area contributed by atoms with E-state index in [1.807, 2.05) is 0 Å². The Morgan fingerprint density at radius 2 is 2.06 bits per heavy atom. The lowest BCUT2D eigenvalue weighted by Crippen LogP contribution is -2.32. The number of hydrogen-bond donors (Lipinski definition) is 3. The fraction of sp³-hybridized carbons (Fsp3) is 0.100. The van der Waals surface area contributed by atoms with Gasteiger partial charge in [-0.1, -0.05) is 23.9 Å². The highest BCUT2D eigenvalue weighted by Gasteiger charge is 2.13. The van der Waals surface area contributed by atoms with Crippen LogP contribution in [0.25, 0.3) is 0 Å². The van der Waals surface area contributed by atoms with Crippen molar-refractivity contribution < 1.29 is 9.59 Å². The monoisotopic (exact) mass is 330 g/mol. The van der Waals surface area contributed by atoms with Crippen LogP contribution >= 0.6 is 27.7 Å². The number of amidine groups is 1. The summed E-state index contributed by atoms with van der Waals surface area (Å²) in [6.45, 7) is 0. The number of nitrogens with one attached hydrogen (secondary N) is 1. The van der Waals surface area contributed by atoms with Gasteiger partial charge in [0.1, 0.15) is 0 Å². The molecule has 0 aliphatic rings. The molecule has 0 saturated heterocycles. The first-order valence-electron chi connectivity index (χ1n) is 4.79. The molecule has 0 aliphatic carbocycles. The Bertz CT molecular complexity index is 493. The molecule has 0 bridgehead atoms. The molecule has 6 nitrogen and oxygen atoms in total. The molecule has 0 aliphatic heterocycles. The maximum atomic E-state index is 11.7. The molecule has 5 N–H and O–H groups in total. The highest BCUT2D eigenvalue weighted by molar-refractivity contribution is 9.10. The van der Waals surface area contributed by atoms with Crippen molar-refractivity contribution >= 4 is 44.7 Å². The number of imide groups is 1. The number of carbonyl (C=O) groups excluding carboxylic acids is 2. The third kappa shape index (κ3) is 4.38. The molecule has 0 fully saturated rings. The average molecular weight is 331 g/mol. The van der Waals surface area contributed by atoms with E-state index in [9.17, 15) is 9.59 Å². The van der Waals surface area contributed by atoms with Crippen LogP contribution in [0.5, 0.6) is 0 Å². The first kappa shape index (κ1) is 14.5. The molecule has 18 heavy (non-hydrogen) atoms. The van der Waals surface area contributed by atoms with E-state index < -0.39 is 11.8 Å². The van der Waals surface area contributed by atoms with Crippen LogP contribution in [-0.2, 0) is 4.79 Å². The van der Waals surface area contributed by atoms with E-state index in [1.165, 1.54) is 0 Å². The number of rotatable bonds is 3. The zero-order valence-corrected chi connectivity index (χ0v) is 11.6. The van der Waals surface area contributed by atoms with Crippen LogP contribution in [0.2, 0.25) is 0 Å². The number of hydrogen-bond acceptors (Lipinski definition) is 5. The quantitative estimate of drug-likeness (QED) is 0.326. The Kier molecular flexibility index (Phi) is 5.66. The normalized spacial score (nSPS) is 11.1. The third-order valence-electron chi connectivity index (χ3n) is 1.85. The molecule has 0 unspecified atom stereocenters. The van der Waals surface area contributed by atoms with E-state index in [1.54, 1.807) is 24.3 Å². The Balaban J connectivity index is 2.55. The van der Waals surface area contributed by atoms with Crippen molar-refractivity contribution in [3.63, 3.8) is 0 Å². The van der Waals surface area contributed by atoms with Crippen LogP contribution < -0.4 is 16.9 Å². The molecular weight excluding hydrogens is 320 g/mol. The van der Waals surface area contributed by atoms with Gasteiger partial charge in [0.25, 0.3) is 5.91 Å². The van der Waals surface area contributed by atoms with Gasteiger partial charge in [0.2, 0.25) is 5.91 Å². The number of halogens is 1. The summed E-state index contributed by atoms with van der Waals surface area (Å²) in [4.78, 5) is 23.2. The predicted molar refractivity (Wildman–Crippen MR) is 74.9 cm³/mol. The minimum Gasteiger partial charge on any atom is -0.377 e. The molecule has 0 atom stereocenters. The topological polar surface area (TPSA) is 111 Å². The predicted octanol–water partition coefficient (Wildman–Crippen LogP) is 0.627. The fourth-order valence-electron chi connectivity index (χ4n) is 1.05. The number of hydrazone groups is 1. The van der Waals surface area contributed by atoms with Gasteiger partial charge in [0, 0.05) is 4.47 Å². The summed E-state index contributed by atoms with van der Waals surface area (Å²) in [6, 6.07) is 6.80. The van der Waals surface area contributed by atoms with E-state index in [-0.39, 0.29) is 10.9 Å². The number of benzene rings is 1. The lowest BCUT2D eigenvalue weighted by atomic mass is 10.2. The highest BCUT2D eigenvalue weighted by atomic mass is 79.9. The Morgan fingerprint density at radius 1 is 1.39 bits per heavy atom. The molecule has 2 amide bonds. The van der Waals surface area contributed by atoms with Crippen LogP contribution in [0.3, 0.4) is 0 Å². The van der Waals surface area contributed by atoms with Crippen LogP contribution in [0.15, 0.2) is 33.8 Å². The highest BCUT2D eigenvalue weighted by Crippen LogP contribution is 2.15. The zero-order valence-electron chi connectivity index (χ0n) is 9.22. The van der Waals surface area contributed by atoms with E-state index in [2.05, 4.69) is 26.3 Å². The minimum absolute atomic E-state index is 0.0251. The Labute approximate surface area is 116 Å². The van der Waals surface area contributed by atoms with E-state index in [0.29, 0.717) is 10.0 Å². The van der Waals surface area contributed by atoms with Crippen LogP contribution in [-0.4, -0.2) is 22.7 Å². The van der Waals surface area contributed by atoms with Crippen molar-refractivity contribution in [1.29, 1.82) is 0 Å². The number of nitrogens with two attached hydrogens (primary N) is 2. The smallest absolute Gasteiger partial charge is 0.259 e. The van der Waals surface area contributed by atoms with Gasteiger partial charge in [-0.3, -0.25) is 14.9 Å². The number of carbonyl (C=O) groups is 2. The van der Waals surface area contributed by atoms with Crippen molar-refractivity contribution in [2.24, 2.45) is 16.7 Å². The average Bonchev–Trinajstić information content (AvgIpc) is 2.36. The fourth-order valence-corrected chi connectivity index (χ4v) is 1.94. The van der Waals surface area contributed by atoms with Crippen molar-refractivity contribution in [1.82, 2.24) is 5.32 Å². The second kappa shape index (κ2) is 7.02. The summed E-state index contributed by atoms with van der Waals surface area (Å²) in [7, 11) is 0. The molecule has 0 saturated carbocycles. The number of thioether (sulfide) groups is 1. The molecule has 0 aromatic heterocycles. The summed E-state index contributed by atoms with van der Waals surface area (Å²) >= 11 is 4.18. The largest absolute Gasteiger partial charge is 0.377 e. The molecule has 1 aromatic rings. The van der Waals surface area contributed by atoms with Gasteiger partial charge in [0.15, 0.2) is 5.17 Å². The van der Waals surface area contributed by atoms with E-state index in [0.717, 1.165) is 11.8 Å². The first-order valence-corrected chi connectivity index (χ1v) is 6.57. The van der Waals surface area contributed by atoms with Crippen LogP contribution in [0.1, 0.15) is 10.4 Å². The van der Waals surface area contributed by atoms with Crippen molar-refractivity contribution in [2.45, 2.75) is 0 Å². The van der Waals surface area contributed by atoms with Gasteiger partial charge in [-0.2, -0.15) is 5.10 Å². The maximum Gasteiger partial charge on any atom is 0.259 e. The Hall–Kier alpha value is -1.54. The zero-order chi connectivity index (χ0) is 13.5. The molecule has 96 valence electrons. The second-order valence-corrected chi connectivity index (χ2v) is 4.96. The molecule has 0 heterocycles. The van der Waals surface area contributed by atoms with E-state index in [4.69, 9.17) is 11.6 Å². The SMILES string of the molecule is NN=C(N)SCC(=O)NC(=O)c1ccccc1Br.